The number of rotatable bonds is 4. The fourth-order valence-electron chi connectivity index (χ4n) is 0.283. The number of hydrogen-bond acceptors (Lipinski definition) is 3. The van der Waals surface area contributed by atoms with Gasteiger partial charge in [0.2, 0.25) is 0 Å². The molecule has 0 bridgehead atoms. The summed E-state index contributed by atoms with van der Waals surface area (Å²) < 4.78 is 13.9. The predicted octanol–water partition coefficient (Wildman–Crippen LogP) is 0.821. The number of unbranched alkanes of at least 4 members (excludes halogenated alkanes) is 1. The van der Waals surface area contributed by atoms with Crippen molar-refractivity contribution in [2.45, 2.75) is 19.8 Å². The third kappa shape index (κ3) is 12.5. The molecule has 0 aliphatic heterocycles. The van der Waals surface area contributed by atoms with Gasteiger partial charge in [0.05, 0.1) is 0 Å². The Morgan fingerprint density at radius 1 is 1.67 bits per heavy atom. The second-order valence-electron chi connectivity index (χ2n) is 1.41. The first-order valence-corrected chi connectivity index (χ1v) is 3.64. The van der Waals surface area contributed by atoms with Crippen molar-refractivity contribution >= 4 is 8.25 Å². The average Bonchev–Trinajstić information content (AvgIpc) is 1.66. The van der Waals surface area contributed by atoms with Crippen LogP contribution >= 0.6 is 8.25 Å². The molecule has 0 N–H and O–H groups in total. The Bertz CT molecular complexity index is 78.2. The molecule has 0 aromatic heterocycles. The molecule has 5 heteroatoms. The topological polar surface area (TPSA) is 49.4 Å². The van der Waals surface area contributed by atoms with E-state index in [1.54, 1.807) is 0 Å². The first kappa shape index (κ1) is 13.0. The molecule has 0 aromatic carbocycles. The number of hydrogen-bond donors (Lipinski definition) is 0. The molecule has 1 radical (unpaired) electrons. The summed E-state index contributed by atoms with van der Waals surface area (Å²) in [5.74, 6) is 0. The van der Waals surface area contributed by atoms with E-state index in [1.807, 2.05) is 6.92 Å². The van der Waals surface area contributed by atoms with Gasteiger partial charge in [-0.15, -0.1) is 4.52 Å². The Kier molecular flexibility index (Phi) is 13.5. The van der Waals surface area contributed by atoms with Crippen molar-refractivity contribution < 1.29 is 54.8 Å². The van der Waals surface area contributed by atoms with Gasteiger partial charge in [-0.2, -0.15) is 0 Å². The van der Waals surface area contributed by atoms with Crippen LogP contribution < -0.4 is 4.89 Å². The van der Waals surface area contributed by atoms with E-state index in [9.17, 15) is 9.46 Å². The standard InChI is InChI=1S/C4H9O3P.Nd/c1-2-3-4-7-8(5)6;/h2-4H2,1H3;/q;+3. The van der Waals surface area contributed by atoms with E-state index in [0.29, 0.717) is 6.61 Å². The Morgan fingerprint density at radius 2 is 2.22 bits per heavy atom. The molecule has 1 unspecified atom stereocenters. The van der Waals surface area contributed by atoms with Crippen LogP contribution in [0.15, 0.2) is 0 Å². The monoisotopic (exact) mass is 278 g/mol. The zero-order valence-corrected chi connectivity index (χ0v) is 9.40. The molecule has 0 saturated heterocycles. The minimum atomic E-state index is -2.61. The van der Waals surface area contributed by atoms with Crippen LogP contribution in [0.5, 0.6) is 0 Å². The van der Waals surface area contributed by atoms with Crippen LogP contribution in [0.2, 0.25) is 0 Å². The van der Waals surface area contributed by atoms with E-state index in [2.05, 4.69) is 4.52 Å². The molecular formula is C4H9NdO3P+3. The van der Waals surface area contributed by atoms with Crippen molar-refractivity contribution in [2.75, 3.05) is 6.61 Å². The van der Waals surface area contributed by atoms with Crippen LogP contribution in [-0.4, -0.2) is 6.61 Å². The molecule has 0 saturated carbocycles. The Labute approximate surface area is 88.6 Å². The SMILES string of the molecule is CCCCO[P+](=O)[O-].[Nd+3]. The van der Waals surface area contributed by atoms with Crippen LogP contribution in [-0.2, 0) is 9.09 Å². The average molecular weight is 280 g/mol. The molecule has 3 nitrogen and oxygen atoms in total. The first-order chi connectivity index (χ1) is 3.77. The van der Waals surface area contributed by atoms with Gasteiger partial charge in [0.1, 0.15) is 6.61 Å². The van der Waals surface area contributed by atoms with E-state index in [0.717, 1.165) is 12.8 Å². The molecule has 0 spiro atoms. The molecular weight excluding hydrogens is 271 g/mol. The Balaban J connectivity index is 0. The summed E-state index contributed by atoms with van der Waals surface area (Å²) in [7, 11) is -2.61. The summed E-state index contributed by atoms with van der Waals surface area (Å²) in [6.07, 6.45) is 1.77. The smallest absolute Gasteiger partial charge is 0.566 e. The van der Waals surface area contributed by atoms with Gasteiger partial charge < -0.3 is 4.89 Å². The van der Waals surface area contributed by atoms with Gasteiger partial charge in [0.25, 0.3) is 0 Å². The van der Waals surface area contributed by atoms with Crippen LogP contribution in [0.3, 0.4) is 0 Å². The van der Waals surface area contributed by atoms with Gasteiger partial charge in [-0.1, -0.05) is 13.3 Å². The predicted molar refractivity (Wildman–Crippen MR) is 28.5 cm³/mol. The van der Waals surface area contributed by atoms with Crippen molar-refractivity contribution in [1.29, 1.82) is 0 Å². The van der Waals surface area contributed by atoms with Crippen LogP contribution in [0, 0.1) is 40.8 Å². The molecule has 49 valence electrons. The Hall–Kier alpha value is 1.37. The minimum absolute atomic E-state index is 0. The normalized spacial score (nSPS) is 10.2. The molecule has 0 fully saturated rings. The van der Waals surface area contributed by atoms with Gasteiger partial charge in [0, 0.05) is 0 Å². The van der Waals surface area contributed by atoms with Crippen molar-refractivity contribution in [3.05, 3.63) is 0 Å². The van der Waals surface area contributed by atoms with Gasteiger partial charge >= 0.3 is 49.1 Å². The zero-order valence-electron chi connectivity index (χ0n) is 5.29. The van der Waals surface area contributed by atoms with Crippen LogP contribution in [0.4, 0.5) is 0 Å². The summed E-state index contributed by atoms with van der Waals surface area (Å²) >= 11 is 0. The van der Waals surface area contributed by atoms with Crippen molar-refractivity contribution in [3.63, 3.8) is 0 Å². The molecule has 0 rings (SSSR count). The van der Waals surface area contributed by atoms with E-state index < -0.39 is 8.25 Å². The van der Waals surface area contributed by atoms with Crippen molar-refractivity contribution in [2.24, 2.45) is 0 Å². The summed E-state index contributed by atoms with van der Waals surface area (Å²) in [5, 5.41) is 0. The van der Waals surface area contributed by atoms with E-state index >= 15 is 0 Å². The molecule has 0 aliphatic carbocycles. The fourth-order valence-corrected chi connectivity index (χ4v) is 0.562. The van der Waals surface area contributed by atoms with Gasteiger partial charge in [-0.25, -0.2) is 0 Å². The first-order valence-electron chi connectivity index (χ1n) is 2.54. The summed E-state index contributed by atoms with van der Waals surface area (Å²) in [4.78, 5) is 9.69. The van der Waals surface area contributed by atoms with Crippen LogP contribution in [0.1, 0.15) is 19.8 Å². The van der Waals surface area contributed by atoms with E-state index in [1.165, 1.54) is 0 Å². The van der Waals surface area contributed by atoms with Gasteiger partial charge in [-0.3, -0.25) is 0 Å². The van der Waals surface area contributed by atoms with Crippen molar-refractivity contribution in [3.8, 4) is 0 Å². The second kappa shape index (κ2) is 9.37. The molecule has 0 heterocycles. The second-order valence-corrected chi connectivity index (χ2v) is 2.12. The minimum Gasteiger partial charge on any atom is -0.566 e. The van der Waals surface area contributed by atoms with Gasteiger partial charge in [0.15, 0.2) is 0 Å². The maximum atomic E-state index is 9.69. The maximum Gasteiger partial charge on any atom is 3.00 e. The third-order valence-electron chi connectivity index (χ3n) is 0.695. The quantitative estimate of drug-likeness (QED) is 0.566. The zero-order chi connectivity index (χ0) is 6.41. The van der Waals surface area contributed by atoms with E-state index in [-0.39, 0.29) is 40.8 Å². The molecule has 0 aromatic rings. The van der Waals surface area contributed by atoms with Crippen molar-refractivity contribution in [1.82, 2.24) is 0 Å². The molecule has 1 atom stereocenters. The van der Waals surface area contributed by atoms with Crippen LogP contribution in [0.25, 0.3) is 0 Å². The molecule has 0 aliphatic rings. The summed E-state index contributed by atoms with van der Waals surface area (Å²) in [6, 6.07) is 0. The van der Waals surface area contributed by atoms with Gasteiger partial charge in [-0.05, 0) is 11.0 Å². The third-order valence-corrected chi connectivity index (χ3v) is 1.09. The van der Waals surface area contributed by atoms with E-state index in [4.69, 9.17) is 0 Å². The largest absolute Gasteiger partial charge is 3.00 e. The molecule has 9 heavy (non-hydrogen) atoms. The molecule has 0 amide bonds. The Morgan fingerprint density at radius 3 is 2.56 bits per heavy atom. The summed E-state index contributed by atoms with van der Waals surface area (Å²) in [6.45, 7) is 2.30. The summed E-state index contributed by atoms with van der Waals surface area (Å²) in [5.41, 5.74) is 0. The maximum absolute atomic E-state index is 9.69. The fraction of sp³-hybridized carbons (Fsp3) is 1.00.